The van der Waals surface area contributed by atoms with Crippen molar-refractivity contribution in [2.75, 3.05) is 25.6 Å². The van der Waals surface area contributed by atoms with Crippen molar-refractivity contribution in [3.63, 3.8) is 0 Å². The van der Waals surface area contributed by atoms with Crippen molar-refractivity contribution < 1.29 is 33.4 Å². The second kappa shape index (κ2) is 10.7. The van der Waals surface area contributed by atoms with Gasteiger partial charge in [0.15, 0.2) is 11.3 Å². The van der Waals surface area contributed by atoms with Gasteiger partial charge in [-0.05, 0) is 20.8 Å². The van der Waals surface area contributed by atoms with Crippen molar-refractivity contribution in [2.24, 2.45) is 5.41 Å². The van der Waals surface area contributed by atoms with Crippen LogP contribution in [-0.2, 0) is 23.1 Å². The zero-order valence-electron chi connectivity index (χ0n) is 17.1. The summed E-state index contributed by atoms with van der Waals surface area (Å²) >= 11 is 7.33. The number of alkyl halides is 1. The van der Waals surface area contributed by atoms with Crippen LogP contribution in [-0.4, -0.2) is 67.5 Å². The molecule has 0 saturated carbocycles. The van der Waals surface area contributed by atoms with E-state index in [1.807, 2.05) is 0 Å². The van der Waals surface area contributed by atoms with Crippen molar-refractivity contribution in [1.82, 2.24) is 9.55 Å². The number of aromatic nitrogens is 2. The van der Waals surface area contributed by atoms with Gasteiger partial charge in [0, 0.05) is 22.6 Å². The number of H-pyrrole nitrogens is 1. The van der Waals surface area contributed by atoms with E-state index in [2.05, 4.69) is 4.98 Å². The molecule has 5 atom stereocenters. The summed E-state index contributed by atoms with van der Waals surface area (Å²) in [5, 5.41) is 19.4. The van der Waals surface area contributed by atoms with E-state index in [0.29, 0.717) is 0 Å². The third-order valence-corrected chi connectivity index (χ3v) is 6.98. The van der Waals surface area contributed by atoms with Gasteiger partial charge in [-0.25, -0.2) is 4.79 Å². The predicted molar refractivity (Wildman–Crippen MR) is 113 cm³/mol. The van der Waals surface area contributed by atoms with Crippen LogP contribution in [0, 0.1) is 5.41 Å². The third kappa shape index (κ3) is 6.45. The Kier molecular flexibility index (Phi) is 9.00. The Morgan fingerprint density at radius 3 is 2.74 bits per heavy atom. The fourth-order valence-corrected chi connectivity index (χ4v) is 4.45. The topological polar surface area (TPSA) is 157 Å². The van der Waals surface area contributed by atoms with Crippen LogP contribution in [0.5, 0.6) is 0 Å². The number of hydrogen-bond donors (Lipinski definition) is 3. The summed E-state index contributed by atoms with van der Waals surface area (Å²) in [7, 11) is -2.56. The van der Waals surface area contributed by atoms with Gasteiger partial charge in [0.2, 0.25) is 0 Å². The number of aliphatic hydroxyl groups is 2. The highest BCUT2D eigenvalue weighted by molar-refractivity contribution is 8.13. The molecule has 2 unspecified atom stereocenters. The van der Waals surface area contributed by atoms with Crippen molar-refractivity contribution in [2.45, 2.75) is 44.1 Å². The number of carbonyl (C=O) groups is 1. The largest absolute Gasteiger partial charge is 0.697 e. The predicted octanol–water partition coefficient (Wildman–Crippen LogP) is 0.761. The Balaban J connectivity index is 1.85. The van der Waals surface area contributed by atoms with Crippen molar-refractivity contribution in [1.29, 1.82) is 0 Å². The van der Waals surface area contributed by atoms with Crippen LogP contribution < -0.4 is 11.2 Å². The van der Waals surface area contributed by atoms with E-state index in [9.17, 15) is 24.1 Å². The number of carbonyl (C=O) groups excluding carboxylic acids is 1. The van der Waals surface area contributed by atoms with Gasteiger partial charge in [-0.2, -0.15) is 0 Å². The van der Waals surface area contributed by atoms with E-state index in [-0.39, 0.29) is 30.7 Å². The second-order valence-electron chi connectivity index (χ2n) is 7.67. The SMILES string of the molecule is CC(C)(CO)C(=O)SCCO[P+](=O)OC[C@H]1O[C@@H](n2ccc(=O)[nH]c2=O)C(C)(Cl)[C@@H]1O. The molecule has 31 heavy (non-hydrogen) atoms. The zero-order chi connectivity index (χ0) is 23.4. The Morgan fingerprint density at radius 1 is 1.45 bits per heavy atom. The molecule has 1 aliphatic rings. The van der Waals surface area contributed by atoms with Gasteiger partial charge in [-0.3, -0.25) is 19.1 Å². The first kappa shape index (κ1) is 26.1. The highest BCUT2D eigenvalue weighted by Crippen LogP contribution is 2.43. The molecule has 3 N–H and O–H groups in total. The van der Waals surface area contributed by atoms with Gasteiger partial charge in [-0.15, -0.1) is 20.6 Å². The summed E-state index contributed by atoms with van der Waals surface area (Å²) in [6.07, 6.45) is -2.22. The summed E-state index contributed by atoms with van der Waals surface area (Å²) in [6, 6.07) is 1.11. The van der Waals surface area contributed by atoms with Crippen molar-refractivity contribution in [3.05, 3.63) is 33.1 Å². The van der Waals surface area contributed by atoms with Crippen LogP contribution in [0.1, 0.15) is 27.0 Å². The molecule has 174 valence electrons. The summed E-state index contributed by atoms with van der Waals surface area (Å²) in [6.45, 7) is 4.02. The fraction of sp³-hybridized carbons (Fsp3) is 0.706. The van der Waals surface area contributed by atoms with E-state index in [4.69, 9.17) is 30.5 Å². The summed E-state index contributed by atoms with van der Waals surface area (Å²) in [5.74, 6) is 0.214. The van der Waals surface area contributed by atoms with Crippen LogP contribution >= 0.6 is 31.6 Å². The Morgan fingerprint density at radius 2 is 2.13 bits per heavy atom. The van der Waals surface area contributed by atoms with Crippen LogP contribution in [0.2, 0.25) is 0 Å². The van der Waals surface area contributed by atoms with Crippen LogP contribution in [0.4, 0.5) is 0 Å². The average molecular weight is 500 g/mol. The molecular weight excluding hydrogens is 475 g/mol. The quantitative estimate of drug-likeness (QED) is 0.238. The number of aromatic amines is 1. The highest BCUT2D eigenvalue weighted by atomic mass is 35.5. The number of halogens is 1. The molecule has 0 aliphatic carbocycles. The standard InChI is InChI=1S/C17H24ClN2O9PS/c1-16(2,9-21)14(24)31-7-6-27-30(26)28-8-10-12(23)17(3,18)13(29-10)20-5-4-11(22)19-15(20)25/h4-5,10,12-13,21,23H,6-9H2,1-3H3/p+1/t10-,12-,13-,17?/m1/s1. The molecule has 1 fully saturated rings. The Labute approximate surface area is 188 Å². The molecule has 0 aromatic carbocycles. The molecule has 1 saturated heterocycles. The molecule has 1 aromatic rings. The molecule has 0 spiro atoms. The number of thioether (sulfide) groups is 1. The van der Waals surface area contributed by atoms with Gasteiger partial charge in [0.1, 0.15) is 30.3 Å². The van der Waals surface area contributed by atoms with Gasteiger partial charge < -0.3 is 14.9 Å². The lowest BCUT2D eigenvalue weighted by Crippen LogP contribution is -2.42. The first-order valence-corrected chi connectivity index (χ1v) is 11.7. The Hall–Kier alpha value is -1.11. The molecule has 14 heteroatoms. The lowest BCUT2D eigenvalue weighted by molar-refractivity contribution is -0.119. The molecule has 2 rings (SSSR count). The summed E-state index contributed by atoms with van der Waals surface area (Å²) in [5.41, 5.74) is -2.23. The monoisotopic (exact) mass is 499 g/mol. The first-order chi connectivity index (χ1) is 14.4. The average Bonchev–Trinajstić information content (AvgIpc) is 2.92. The van der Waals surface area contributed by atoms with Gasteiger partial charge >= 0.3 is 13.9 Å². The molecule has 1 aliphatic heterocycles. The van der Waals surface area contributed by atoms with E-state index < -0.39 is 48.2 Å². The summed E-state index contributed by atoms with van der Waals surface area (Å²) in [4.78, 5) is 35.8. The van der Waals surface area contributed by atoms with Crippen molar-refractivity contribution in [3.8, 4) is 0 Å². The van der Waals surface area contributed by atoms with E-state index in [1.165, 1.54) is 13.1 Å². The maximum absolute atomic E-state index is 12.0. The second-order valence-corrected chi connectivity index (χ2v) is 10.5. The number of nitrogens with one attached hydrogen (secondary N) is 1. The van der Waals surface area contributed by atoms with Crippen molar-refractivity contribution >= 4 is 36.7 Å². The lowest BCUT2D eigenvalue weighted by atomic mass is 9.97. The van der Waals surface area contributed by atoms with E-state index in [0.717, 1.165) is 22.4 Å². The third-order valence-electron chi connectivity index (χ3n) is 4.63. The number of aliphatic hydroxyl groups excluding tert-OH is 2. The van der Waals surface area contributed by atoms with Gasteiger partial charge in [0.05, 0.1) is 12.0 Å². The Bertz CT molecular complexity index is 919. The first-order valence-electron chi connectivity index (χ1n) is 9.25. The molecule has 0 bridgehead atoms. The molecule has 0 amide bonds. The molecule has 0 radical (unpaired) electrons. The fourth-order valence-electron chi connectivity index (χ4n) is 2.64. The minimum atomic E-state index is -2.56. The number of rotatable bonds is 10. The highest BCUT2D eigenvalue weighted by Gasteiger charge is 2.54. The number of hydrogen-bond acceptors (Lipinski definition) is 10. The normalized spacial score (nSPS) is 26.8. The van der Waals surface area contributed by atoms with Crippen LogP contribution in [0.15, 0.2) is 21.9 Å². The van der Waals surface area contributed by atoms with Gasteiger partial charge in [-0.1, -0.05) is 11.8 Å². The molecular formula is C17H25ClN2O9PS+. The van der Waals surface area contributed by atoms with Gasteiger partial charge in [0.25, 0.3) is 5.56 Å². The lowest BCUT2D eigenvalue weighted by Gasteiger charge is -2.26. The molecule has 11 nitrogen and oxygen atoms in total. The maximum Gasteiger partial charge on any atom is 0.697 e. The number of ether oxygens (including phenoxy) is 1. The minimum absolute atomic E-state index is 0.0379. The van der Waals surface area contributed by atoms with Crippen LogP contribution in [0.3, 0.4) is 0 Å². The maximum atomic E-state index is 12.0. The van der Waals surface area contributed by atoms with E-state index >= 15 is 0 Å². The summed E-state index contributed by atoms with van der Waals surface area (Å²) < 4.78 is 28.7. The molecule has 1 aromatic heterocycles. The molecule has 2 heterocycles. The number of nitrogens with zero attached hydrogens (tertiary/aromatic N) is 1. The van der Waals surface area contributed by atoms with E-state index in [1.54, 1.807) is 13.8 Å². The smallest absolute Gasteiger partial charge is 0.395 e. The van der Waals surface area contributed by atoms with Crippen LogP contribution in [0.25, 0.3) is 0 Å². The zero-order valence-corrected chi connectivity index (χ0v) is 19.6. The minimum Gasteiger partial charge on any atom is -0.395 e.